The van der Waals surface area contributed by atoms with E-state index >= 15 is 0 Å². The van der Waals surface area contributed by atoms with Gasteiger partial charge in [0.1, 0.15) is 5.75 Å². The Labute approximate surface area is 157 Å². The summed E-state index contributed by atoms with van der Waals surface area (Å²) >= 11 is 0. The van der Waals surface area contributed by atoms with E-state index in [1.54, 1.807) is 14.2 Å². The minimum Gasteiger partial charge on any atom is -0.496 e. The number of methoxy groups -OCH3 is 1. The van der Waals surface area contributed by atoms with Crippen LogP contribution in [0.4, 0.5) is 0 Å². The molecule has 1 saturated heterocycles. The molecule has 1 unspecified atom stereocenters. The lowest BCUT2D eigenvalue weighted by molar-refractivity contribution is 0.0888. The Balaban J connectivity index is 1.58. The van der Waals surface area contributed by atoms with Crippen molar-refractivity contribution in [3.8, 4) is 5.75 Å². The molecule has 1 heterocycles. The van der Waals surface area contributed by atoms with Gasteiger partial charge in [0.05, 0.1) is 20.3 Å². The van der Waals surface area contributed by atoms with Crippen LogP contribution in [-0.2, 0) is 15.9 Å². The summed E-state index contributed by atoms with van der Waals surface area (Å²) in [5.41, 5.74) is 2.45. The summed E-state index contributed by atoms with van der Waals surface area (Å²) in [4.78, 5) is 4.27. The van der Waals surface area contributed by atoms with Gasteiger partial charge < -0.3 is 24.8 Å². The molecule has 0 bridgehead atoms. The van der Waals surface area contributed by atoms with E-state index < -0.39 is 0 Å². The maximum Gasteiger partial charge on any atom is 0.190 e. The maximum absolute atomic E-state index is 5.71. The number of nitrogens with zero attached hydrogens (tertiary/aromatic N) is 1. The molecular weight excluding hydrogens is 330 g/mol. The van der Waals surface area contributed by atoms with Crippen molar-refractivity contribution in [3.63, 3.8) is 0 Å². The second kappa shape index (κ2) is 11.8. The van der Waals surface area contributed by atoms with Gasteiger partial charge in [-0.05, 0) is 37.8 Å². The number of rotatable bonds is 10. The molecule has 6 nitrogen and oxygen atoms in total. The molecule has 0 radical (unpaired) electrons. The fraction of sp³-hybridized carbons (Fsp3) is 0.650. The molecule has 1 atom stereocenters. The first-order valence-electron chi connectivity index (χ1n) is 9.46. The van der Waals surface area contributed by atoms with Gasteiger partial charge in [-0.25, -0.2) is 0 Å². The number of nitrogens with one attached hydrogen (secondary N) is 2. The Bertz CT molecular complexity index is 557. The molecule has 0 spiro atoms. The van der Waals surface area contributed by atoms with Crippen molar-refractivity contribution >= 4 is 5.96 Å². The van der Waals surface area contributed by atoms with Crippen LogP contribution in [0.1, 0.15) is 24.0 Å². The zero-order valence-corrected chi connectivity index (χ0v) is 16.3. The van der Waals surface area contributed by atoms with Gasteiger partial charge in [-0.3, -0.25) is 4.99 Å². The third-order valence-corrected chi connectivity index (χ3v) is 4.48. The largest absolute Gasteiger partial charge is 0.496 e. The van der Waals surface area contributed by atoms with E-state index in [1.165, 1.54) is 11.1 Å². The second-order valence-electron chi connectivity index (χ2n) is 6.65. The van der Waals surface area contributed by atoms with E-state index in [4.69, 9.17) is 14.2 Å². The van der Waals surface area contributed by atoms with Gasteiger partial charge in [-0.15, -0.1) is 0 Å². The molecular formula is C20H33N3O3. The van der Waals surface area contributed by atoms with Gasteiger partial charge in [0.2, 0.25) is 0 Å². The lowest BCUT2D eigenvalue weighted by Gasteiger charge is -2.14. The van der Waals surface area contributed by atoms with E-state index in [0.29, 0.717) is 5.92 Å². The molecule has 0 aromatic heterocycles. The maximum atomic E-state index is 5.71. The highest BCUT2D eigenvalue weighted by Gasteiger charge is 2.15. The molecule has 1 fully saturated rings. The van der Waals surface area contributed by atoms with Gasteiger partial charge in [0.15, 0.2) is 5.96 Å². The second-order valence-corrected chi connectivity index (χ2v) is 6.65. The van der Waals surface area contributed by atoms with Crippen LogP contribution in [-0.4, -0.2) is 59.6 Å². The van der Waals surface area contributed by atoms with Crippen molar-refractivity contribution in [2.75, 3.05) is 53.7 Å². The molecule has 0 saturated carbocycles. The quantitative estimate of drug-likeness (QED) is 0.379. The smallest absolute Gasteiger partial charge is 0.190 e. The van der Waals surface area contributed by atoms with Crippen LogP contribution in [0.15, 0.2) is 23.2 Å². The van der Waals surface area contributed by atoms with Crippen molar-refractivity contribution in [2.45, 2.75) is 26.2 Å². The van der Waals surface area contributed by atoms with E-state index in [-0.39, 0.29) is 0 Å². The molecule has 1 aromatic rings. The number of ether oxygens (including phenoxy) is 3. The van der Waals surface area contributed by atoms with Crippen molar-refractivity contribution < 1.29 is 14.2 Å². The van der Waals surface area contributed by atoms with Crippen LogP contribution >= 0.6 is 0 Å². The first-order chi connectivity index (χ1) is 12.7. The van der Waals surface area contributed by atoms with Crippen molar-refractivity contribution in [3.05, 3.63) is 29.3 Å². The molecule has 1 aliphatic heterocycles. The van der Waals surface area contributed by atoms with Crippen molar-refractivity contribution in [1.29, 1.82) is 0 Å². The fourth-order valence-corrected chi connectivity index (χ4v) is 2.98. The summed E-state index contributed by atoms with van der Waals surface area (Å²) in [6.07, 6.45) is 2.97. The van der Waals surface area contributed by atoms with Gasteiger partial charge >= 0.3 is 0 Å². The SMILES string of the molecule is CN=C(NCCCOCC1CCOC1)NCCc1cc(C)ccc1OC. The number of hydrogen-bond acceptors (Lipinski definition) is 4. The highest BCUT2D eigenvalue weighted by atomic mass is 16.5. The van der Waals surface area contributed by atoms with Gasteiger partial charge in [0.25, 0.3) is 0 Å². The highest BCUT2D eigenvalue weighted by molar-refractivity contribution is 5.79. The zero-order valence-electron chi connectivity index (χ0n) is 16.3. The molecule has 2 N–H and O–H groups in total. The Hall–Kier alpha value is -1.79. The van der Waals surface area contributed by atoms with Crippen LogP contribution in [0.5, 0.6) is 5.75 Å². The molecule has 1 aliphatic rings. The van der Waals surface area contributed by atoms with E-state index in [1.807, 2.05) is 6.07 Å². The summed E-state index contributed by atoms with van der Waals surface area (Å²) < 4.78 is 16.5. The lowest BCUT2D eigenvalue weighted by atomic mass is 10.1. The summed E-state index contributed by atoms with van der Waals surface area (Å²) in [6, 6.07) is 6.26. The number of benzene rings is 1. The molecule has 0 amide bonds. The van der Waals surface area contributed by atoms with Crippen molar-refractivity contribution in [1.82, 2.24) is 10.6 Å². The van der Waals surface area contributed by atoms with E-state index in [9.17, 15) is 0 Å². The van der Waals surface area contributed by atoms with Crippen LogP contribution in [0.25, 0.3) is 0 Å². The third-order valence-electron chi connectivity index (χ3n) is 4.48. The first kappa shape index (κ1) is 20.5. The predicted molar refractivity (Wildman–Crippen MR) is 105 cm³/mol. The molecule has 146 valence electrons. The predicted octanol–water partition coefficient (Wildman–Crippen LogP) is 2.15. The molecule has 0 aliphatic carbocycles. The van der Waals surface area contributed by atoms with Gasteiger partial charge in [-0.2, -0.15) is 0 Å². The summed E-state index contributed by atoms with van der Waals surface area (Å²) in [5, 5.41) is 6.68. The number of aryl methyl sites for hydroxylation is 1. The Kier molecular flexibility index (Phi) is 9.28. The first-order valence-corrected chi connectivity index (χ1v) is 9.46. The molecule has 6 heteroatoms. The average Bonchev–Trinajstić information content (AvgIpc) is 3.16. The summed E-state index contributed by atoms with van der Waals surface area (Å²) in [6.45, 7) is 7.05. The highest BCUT2D eigenvalue weighted by Crippen LogP contribution is 2.19. The topological polar surface area (TPSA) is 64.1 Å². The number of guanidine groups is 1. The Morgan fingerprint density at radius 3 is 2.88 bits per heavy atom. The minimum atomic E-state index is 0.580. The van der Waals surface area contributed by atoms with E-state index in [2.05, 4.69) is 34.7 Å². The van der Waals surface area contributed by atoms with Crippen molar-refractivity contribution in [2.24, 2.45) is 10.9 Å². The van der Waals surface area contributed by atoms with Crippen LogP contribution in [0.3, 0.4) is 0 Å². The van der Waals surface area contributed by atoms with Crippen LogP contribution in [0, 0.1) is 12.8 Å². The number of aliphatic imine (C=N–C) groups is 1. The Morgan fingerprint density at radius 2 is 2.15 bits per heavy atom. The van der Waals surface area contributed by atoms with Crippen LogP contribution < -0.4 is 15.4 Å². The average molecular weight is 364 g/mol. The lowest BCUT2D eigenvalue weighted by Crippen LogP contribution is -2.39. The molecule has 2 rings (SSSR count). The summed E-state index contributed by atoms with van der Waals surface area (Å²) in [7, 11) is 3.50. The summed E-state index contributed by atoms with van der Waals surface area (Å²) in [5.74, 6) is 2.34. The minimum absolute atomic E-state index is 0.580. The Morgan fingerprint density at radius 1 is 1.31 bits per heavy atom. The monoisotopic (exact) mass is 363 g/mol. The third kappa shape index (κ3) is 7.22. The standard InChI is InChI=1S/C20H33N3O3/c1-16-5-6-19(24-3)18(13-16)7-10-23-20(21-2)22-9-4-11-25-14-17-8-12-26-15-17/h5-6,13,17H,4,7-12,14-15H2,1-3H3,(H2,21,22,23). The normalized spacial score (nSPS) is 17.3. The zero-order chi connectivity index (χ0) is 18.6. The molecule has 1 aromatic carbocycles. The number of hydrogen-bond donors (Lipinski definition) is 2. The van der Waals surface area contributed by atoms with Gasteiger partial charge in [-0.1, -0.05) is 17.7 Å². The van der Waals surface area contributed by atoms with E-state index in [0.717, 1.165) is 70.5 Å². The molecule has 26 heavy (non-hydrogen) atoms. The fourth-order valence-electron chi connectivity index (χ4n) is 2.98. The van der Waals surface area contributed by atoms with Crippen LogP contribution in [0.2, 0.25) is 0 Å². The van der Waals surface area contributed by atoms with Gasteiger partial charge in [0, 0.05) is 39.3 Å².